The molecule has 1 rings (SSSR count). The molecule has 0 saturated carbocycles. The Morgan fingerprint density at radius 3 is 2.45 bits per heavy atom. The van der Waals surface area contributed by atoms with Gasteiger partial charge in [-0.05, 0) is 25.9 Å². The van der Waals surface area contributed by atoms with E-state index < -0.39 is 0 Å². The Balaban J connectivity index is 0. The van der Waals surface area contributed by atoms with Gasteiger partial charge in [-0.15, -0.1) is 0 Å². The Labute approximate surface area is 83.5 Å². The number of likely N-dealkylation sites (N-methyl/N-ethyl adjacent to an activating group) is 1. The second kappa shape index (κ2) is 5.89. The predicted octanol–water partition coefficient (Wildman–Crippen LogP) is -0.837. The zero-order valence-electron chi connectivity index (χ0n) is 9.01. The Morgan fingerprint density at radius 2 is 2.18 bits per heavy atom. The van der Waals surface area contributed by atoms with Gasteiger partial charge in [0.15, 0.2) is 0 Å². The number of hydrogen-bond donors (Lipinski definition) is 0. The van der Waals surface area contributed by atoms with Gasteiger partial charge in [0.1, 0.15) is 0 Å². The van der Waals surface area contributed by atoms with Crippen molar-refractivity contribution < 1.29 is 20.3 Å². The first kappa shape index (κ1) is 11.3. The van der Waals surface area contributed by atoms with Crippen molar-refractivity contribution in [1.82, 2.24) is 4.90 Å². The van der Waals surface area contributed by atoms with Crippen molar-refractivity contribution in [2.45, 2.75) is 32.7 Å². The summed E-state index contributed by atoms with van der Waals surface area (Å²) in [6.07, 6.45) is 7.11. The molecule has 0 aromatic carbocycles. The van der Waals surface area contributed by atoms with E-state index in [2.05, 4.69) is 30.9 Å². The molecule has 60 valence electrons. The van der Waals surface area contributed by atoms with Gasteiger partial charge in [0, 0.05) is 6.04 Å². The molecule has 0 aromatic heterocycles. The number of hydrogen-bond acceptors (Lipinski definition) is 1. The minimum Gasteiger partial charge on any atom is -1.00 e. The molecule has 0 bridgehead atoms. The van der Waals surface area contributed by atoms with Crippen molar-refractivity contribution >= 4 is 0 Å². The van der Waals surface area contributed by atoms with E-state index in [1.807, 2.05) is 0 Å². The first-order valence-electron chi connectivity index (χ1n) is 4.29. The number of rotatable bonds is 4. The van der Waals surface area contributed by atoms with Gasteiger partial charge in [-0.1, -0.05) is 26.0 Å². The fourth-order valence-corrected chi connectivity index (χ4v) is 1.37. The van der Waals surface area contributed by atoms with Crippen LogP contribution in [0.15, 0.2) is 12.2 Å². The fourth-order valence-electron chi connectivity index (χ4n) is 1.37. The summed E-state index contributed by atoms with van der Waals surface area (Å²) in [5.74, 6) is 0. The standard InChI is InChI=1S/C9H17N.Li.H/c1-3-8-10(4-2)9-6-5-7-9;;/h5-6,9H,3-4,7-8H2,1-2H3;;/q;+1;-1. The SMILES string of the molecule is CCCN(CC)C1C=CC1.[H-].[Li+]. The minimum absolute atomic E-state index is 0. The topological polar surface area (TPSA) is 3.24 Å². The van der Waals surface area contributed by atoms with Crippen molar-refractivity contribution in [3.63, 3.8) is 0 Å². The van der Waals surface area contributed by atoms with E-state index in [-0.39, 0.29) is 20.3 Å². The maximum Gasteiger partial charge on any atom is 1.00 e. The van der Waals surface area contributed by atoms with Crippen LogP contribution in [0.4, 0.5) is 0 Å². The third-order valence-corrected chi connectivity index (χ3v) is 2.12. The van der Waals surface area contributed by atoms with Gasteiger partial charge in [-0.3, -0.25) is 4.90 Å². The molecule has 0 radical (unpaired) electrons. The van der Waals surface area contributed by atoms with E-state index >= 15 is 0 Å². The molecule has 1 unspecified atom stereocenters. The molecular weight excluding hydrogens is 129 g/mol. The van der Waals surface area contributed by atoms with Crippen LogP contribution in [0.1, 0.15) is 28.1 Å². The van der Waals surface area contributed by atoms with Crippen molar-refractivity contribution in [2.24, 2.45) is 0 Å². The molecule has 0 heterocycles. The maximum absolute atomic E-state index is 2.53. The van der Waals surface area contributed by atoms with Crippen molar-refractivity contribution in [2.75, 3.05) is 13.1 Å². The molecule has 1 atom stereocenters. The van der Waals surface area contributed by atoms with E-state index in [4.69, 9.17) is 0 Å². The predicted molar refractivity (Wildman–Crippen MR) is 46.2 cm³/mol. The molecule has 0 amide bonds. The van der Waals surface area contributed by atoms with Gasteiger partial charge in [0.25, 0.3) is 0 Å². The zero-order chi connectivity index (χ0) is 7.40. The van der Waals surface area contributed by atoms with Crippen LogP contribution < -0.4 is 18.9 Å². The molecule has 0 N–H and O–H groups in total. The van der Waals surface area contributed by atoms with Crippen molar-refractivity contribution in [3.05, 3.63) is 12.2 Å². The summed E-state index contributed by atoms with van der Waals surface area (Å²) in [7, 11) is 0. The largest absolute Gasteiger partial charge is 1.00 e. The smallest absolute Gasteiger partial charge is 1.00 e. The summed E-state index contributed by atoms with van der Waals surface area (Å²) < 4.78 is 0. The maximum atomic E-state index is 2.53. The van der Waals surface area contributed by atoms with Crippen LogP contribution in [0, 0.1) is 0 Å². The van der Waals surface area contributed by atoms with Crippen LogP contribution in [0.5, 0.6) is 0 Å². The third kappa shape index (κ3) is 3.03. The molecule has 0 saturated heterocycles. The second-order valence-corrected chi connectivity index (χ2v) is 2.86. The Morgan fingerprint density at radius 1 is 1.55 bits per heavy atom. The van der Waals surface area contributed by atoms with Gasteiger partial charge in [-0.25, -0.2) is 0 Å². The van der Waals surface area contributed by atoms with E-state index in [1.165, 1.54) is 25.9 Å². The summed E-state index contributed by atoms with van der Waals surface area (Å²) in [5.41, 5.74) is 0. The van der Waals surface area contributed by atoms with Gasteiger partial charge in [0.2, 0.25) is 0 Å². The summed E-state index contributed by atoms with van der Waals surface area (Å²) in [6, 6.07) is 0.768. The Bertz CT molecular complexity index is 128. The monoisotopic (exact) mass is 147 g/mol. The Kier molecular flexibility index (Phi) is 6.05. The van der Waals surface area contributed by atoms with Gasteiger partial charge < -0.3 is 1.43 Å². The molecule has 1 aliphatic rings. The first-order valence-corrected chi connectivity index (χ1v) is 4.29. The molecule has 0 aliphatic heterocycles. The summed E-state index contributed by atoms with van der Waals surface area (Å²) in [6.45, 7) is 6.93. The van der Waals surface area contributed by atoms with Gasteiger partial charge >= 0.3 is 18.9 Å². The zero-order valence-corrected chi connectivity index (χ0v) is 8.01. The molecule has 1 nitrogen and oxygen atoms in total. The van der Waals surface area contributed by atoms with E-state index in [9.17, 15) is 0 Å². The average Bonchev–Trinajstić information content (AvgIpc) is 1.83. The van der Waals surface area contributed by atoms with Gasteiger partial charge in [0.05, 0.1) is 0 Å². The first-order chi connectivity index (χ1) is 4.88. The van der Waals surface area contributed by atoms with Gasteiger partial charge in [-0.2, -0.15) is 0 Å². The molecular formula is C9H18LiN. The third-order valence-electron chi connectivity index (χ3n) is 2.12. The van der Waals surface area contributed by atoms with E-state index in [1.54, 1.807) is 0 Å². The normalized spacial score (nSPS) is 21.2. The summed E-state index contributed by atoms with van der Waals surface area (Å²) in [4.78, 5) is 2.53. The fraction of sp³-hybridized carbons (Fsp3) is 0.778. The van der Waals surface area contributed by atoms with Crippen LogP contribution in [-0.4, -0.2) is 24.0 Å². The summed E-state index contributed by atoms with van der Waals surface area (Å²) in [5, 5.41) is 0. The molecule has 1 aliphatic carbocycles. The van der Waals surface area contributed by atoms with Crippen LogP contribution in [0.2, 0.25) is 0 Å². The van der Waals surface area contributed by atoms with Crippen molar-refractivity contribution in [1.29, 1.82) is 0 Å². The molecule has 2 heteroatoms. The minimum atomic E-state index is 0. The van der Waals surface area contributed by atoms with Crippen LogP contribution >= 0.6 is 0 Å². The van der Waals surface area contributed by atoms with E-state index in [0.717, 1.165) is 6.04 Å². The van der Waals surface area contributed by atoms with E-state index in [0.29, 0.717) is 0 Å². The second-order valence-electron chi connectivity index (χ2n) is 2.86. The number of nitrogens with zero attached hydrogens (tertiary/aromatic N) is 1. The quantitative estimate of drug-likeness (QED) is 0.370. The molecule has 0 spiro atoms. The molecule has 0 fully saturated rings. The molecule has 11 heavy (non-hydrogen) atoms. The van der Waals surface area contributed by atoms with Crippen LogP contribution in [0.25, 0.3) is 0 Å². The van der Waals surface area contributed by atoms with Crippen molar-refractivity contribution in [3.8, 4) is 0 Å². The summed E-state index contributed by atoms with van der Waals surface area (Å²) >= 11 is 0. The molecule has 0 aromatic rings. The average molecular weight is 147 g/mol. The van der Waals surface area contributed by atoms with Crippen LogP contribution in [0.3, 0.4) is 0 Å². The Hall–Kier alpha value is 0.297. The van der Waals surface area contributed by atoms with Crippen LogP contribution in [-0.2, 0) is 0 Å².